The van der Waals surface area contributed by atoms with E-state index >= 15 is 0 Å². The van der Waals surface area contributed by atoms with Crippen LogP contribution in [0.3, 0.4) is 0 Å². The Morgan fingerprint density at radius 3 is 2.67 bits per heavy atom. The van der Waals surface area contributed by atoms with Crippen LogP contribution in [0.15, 0.2) is 18.2 Å². The van der Waals surface area contributed by atoms with Crippen molar-refractivity contribution in [3.8, 4) is 5.75 Å². The van der Waals surface area contributed by atoms with Crippen molar-refractivity contribution in [1.82, 2.24) is 0 Å². The van der Waals surface area contributed by atoms with Crippen molar-refractivity contribution in [1.29, 1.82) is 0 Å². The molecule has 1 aromatic carbocycles. The van der Waals surface area contributed by atoms with Gasteiger partial charge >= 0.3 is 5.97 Å². The summed E-state index contributed by atoms with van der Waals surface area (Å²) in [5.74, 6) is -0.566. The summed E-state index contributed by atoms with van der Waals surface area (Å²) in [7, 11) is 1.46. The summed E-state index contributed by atoms with van der Waals surface area (Å²) in [5, 5.41) is 8.74. The number of carboxylic acid groups (broad SMARTS) is 1. The molecule has 0 saturated carbocycles. The van der Waals surface area contributed by atoms with Gasteiger partial charge in [0.1, 0.15) is 11.3 Å². The van der Waals surface area contributed by atoms with Gasteiger partial charge in [0.05, 0.1) is 7.11 Å². The average Bonchev–Trinajstić information content (AvgIpc) is 2.04. The first-order valence-corrected chi connectivity index (χ1v) is 3.53. The lowest BCUT2D eigenvalue weighted by Crippen LogP contribution is -2.00. The van der Waals surface area contributed by atoms with Crippen LogP contribution in [0.2, 0.25) is 0 Å². The normalized spacial score (nSPS) is 9.50. The van der Waals surface area contributed by atoms with Crippen LogP contribution in [0.4, 0.5) is 0 Å². The van der Waals surface area contributed by atoms with Gasteiger partial charge in [-0.25, -0.2) is 4.79 Å². The Bertz CT molecular complexity index is 305. The van der Waals surface area contributed by atoms with Crippen molar-refractivity contribution < 1.29 is 14.6 Å². The monoisotopic (exact) mass is 166 g/mol. The van der Waals surface area contributed by atoms with Crippen LogP contribution in [0.5, 0.6) is 5.75 Å². The quantitative estimate of drug-likeness (QED) is 0.727. The van der Waals surface area contributed by atoms with Crippen LogP contribution in [0, 0.1) is 6.92 Å². The molecule has 0 aliphatic rings. The van der Waals surface area contributed by atoms with Gasteiger partial charge in [-0.15, -0.1) is 0 Å². The van der Waals surface area contributed by atoms with E-state index < -0.39 is 5.97 Å². The first-order chi connectivity index (χ1) is 5.65. The van der Waals surface area contributed by atoms with Gasteiger partial charge in [-0.05, 0) is 19.1 Å². The lowest BCUT2D eigenvalue weighted by Gasteiger charge is -2.04. The Labute approximate surface area is 70.6 Å². The third-order valence-corrected chi connectivity index (χ3v) is 1.59. The van der Waals surface area contributed by atoms with Crippen LogP contribution in [0.1, 0.15) is 15.9 Å². The summed E-state index contributed by atoms with van der Waals surface area (Å²) in [6.45, 7) is 1.84. The van der Waals surface area contributed by atoms with Crippen LogP contribution in [-0.4, -0.2) is 18.2 Å². The maximum absolute atomic E-state index is 10.7. The molecule has 0 amide bonds. The summed E-state index contributed by atoms with van der Waals surface area (Å²) < 4.78 is 4.88. The molecule has 64 valence electrons. The molecule has 1 rings (SSSR count). The largest absolute Gasteiger partial charge is 0.496 e. The number of hydrogen-bond donors (Lipinski definition) is 1. The van der Waals surface area contributed by atoms with Gasteiger partial charge in [-0.2, -0.15) is 0 Å². The zero-order valence-corrected chi connectivity index (χ0v) is 7.00. The molecular weight excluding hydrogens is 156 g/mol. The Kier molecular flexibility index (Phi) is 2.33. The van der Waals surface area contributed by atoms with Gasteiger partial charge in [-0.1, -0.05) is 11.6 Å². The Hall–Kier alpha value is -1.51. The highest BCUT2D eigenvalue weighted by atomic mass is 16.5. The van der Waals surface area contributed by atoms with E-state index in [1.165, 1.54) is 7.11 Å². The number of benzene rings is 1. The lowest BCUT2D eigenvalue weighted by atomic mass is 10.1. The number of hydrogen-bond acceptors (Lipinski definition) is 2. The molecule has 0 aliphatic heterocycles. The maximum atomic E-state index is 10.7. The average molecular weight is 166 g/mol. The third-order valence-electron chi connectivity index (χ3n) is 1.59. The molecule has 0 fully saturated rings. The molecule has 0 aromatic heterocycles. The van der Waals surface area contributed by atoms with Gasteiger partial charge in [0.15, 0.2) is 0 Å². The SMILES string of the molecule is COc1ccc(C)cc1C(=O)O. The molecule has 0 radical (unpaired) electrons. The molecule has 0 heterocycles. The van der Waals surface area contributed by atoms with E-state index in [0.29, 0.717) is 5.75 Å². The van der Waals surface area contributed by atoms with Crippen LogP contribution in [0.25, 0.3) is 0 Å². The first kappa shape index (κ1) is 8.59. The number of methoxy groups -OCH3 is 1. The fraction of sp³-hybridized carbons (Fsp3) is 0.222. The molecule has 0 bridgehead atoms. The van der Waals surface area contributed by atoms with Crippen molar-refractivity contribution in [2.45, 2.75) is 6.92 Å². The Morgan fingerprint density at radius 2 is 2.17 bits per heavy atom. The van der Waals surface area contributed by atoms with E-state index in [1.54, 1.807) is 12.1 Å². The number of rotatable bonds is 2. The molecule has 3 nitrogen and oxygen atoms in total. The smallest absolute Gasteiger partial charge is 0.339 e. The molecule has 0 aliphatic carbocycles. The van der Waals surface area contributed by atoms with Crippen molar-refractivity contribution in [2.24, 2.45) is 0 Å². The minimum atomic E-state index is -0.962. The molecule has 12 heavy (non-hydrogen) atoms. The summed E-state index contributed by atoms with van der Waals surface area (Å²) >= 11 is 0. The molecular formula is C9H10O3. The minimum absolute atomic E-state index is 0.206. The van der Waals surface area contributed by atoms with E-state index in [2.05, 4.69) is 0 Å². The van der Waals surface area contributed by atoms with Gasteiger partial charge in [0.2, 0.25) is 0 Å². The van der Waals surface area contributed by atoms with Gasteiger partial charge < -0.3 is 9.84 Å². The Morgan fingerprint density at radius 1 is 1.50 bits per heavy atom. The van der Waals surface area contributed by atoms with Gasteiger partial charge in [0, 0.05) is 0 Å². The molecule has 3 heteroatoms. The molecule has 1 aromatic rings. The highest BCUT2D eigenvalue weighted by molar-refractivity contribution is 5.91. The highest BCUT2D eigenvalue weighted by Crippen LogP contribution is 2.18. The maximum Gasteiger partial charge on any atom is 0.339 e. The summed E-state index contributed by atoms with van der Waals surface area (Å²) in [6.07, 6.45) is 0. The zero-order chi connectivity index (χ0) is 9.14. The van der Waals surface area contributed by atoms with Crippen LogP contribution in [-0.2, 0) is 0 Å². The van der Waals surface area contributed by atoms with E-state index in [0.717, 1.165) is 5.56 Å². The predicted octanol–water partition coefficient (Wildman–Crippen LogP) is 1.70. The number of aryl methyl sites for hydroxylation is 1. The molecule has 0 spiro atoms. The number of aromatic carboxylic acids is 1. The molecule has 0 unspecified atom stereocenters. The fourth-order valence-electron chi connectivity index (χ4n) is 0.989. The molecule has 0 saturated heterocycles. The van der Waals surface area contributed by atoms with E-state index in [9.17, 15) is 4.79 Å². The van der Waals surface area contributed by atoms with E-state index in [-0.39, 0.29) is 5.56 Å². The first-order valence-electron chi connectivity index (χ1n) is 3.53. The molecule has 1 N–H and O–H groups in total. The summed E-state index contributed by atoms with van der Waals surface area (Å²) in [5.41, 5.74) is 1.12. The topological polar surface area (TPSA) is 46.5 Å². The second kappa shape index (κ2) is 3.26. The number of carboxylic acids is 1. The third kappa shape index (κ3) is 1.56. The Balaban J connectivity index is 3.21. The number of carbonyl (C=O) groups is 1. The van der Waals surface area contributed by atoms with Crippen LogP contribution < -0.4 is 4.74 Å². The van der Waals surface area contributed by atoms with Crippen molar-refractivity contribution >= 4 is 5.97 Å². The van der Waals surface area contributed by atoms with Crippen molar-refractivity contribution in [2.75, 3.05) is 7.11 Å². The zero-order valence-electron chi connectivity index (χ0n) is 7.00. The van der Waals surface area contributed by atoms with Crippen LogP contribution >= 0.6 is 0 Å². The minimum Gasteiger partial charge on any atom is -0.496 e. The van der Waals surface area contributed by atoms with Gasteiger partial charge in [0.25, 0.3) is 0 Å². The van der Waals surface area contributed by atoms with Crippen molar-refractivity contribution in [3.63, 3.8) is 0 Å². The lowest BCUT2D eigenvalue weighted by molar-refractivity contribution is 0.0693. The standard InChI is InChI=1S/C9H10O3/c1-6-3-4-8(12-2)7(5-6)9(10)11/h3-5H,1-2H3,(H,10,11). The van der Waals surface area contributed by atoms with Crippen molar-refractivity contribution in [3.05, 3.63) is 29.3 Å². The molecule has 0 atom stereocenters. The predicted molar refractivity (Wildman–Crippen MR) is 44.7 cm³/mol. The highest BCUT2D eigenvalue weighted by Gasteiger charge is 2.09. The van der Waals surface area contributed by atoms with Gasteiger partial charge in [-0.3, -0.25) is 0 Å². The second-order valence-electron chi connectivity index (χ2n) is 2.51. The second-order valence-corrected chi connectivity index (χ2v) is 2.51. The summed E-state index contributed by atoms with van der Waals surface area (Å²) in [6, 6.07) is 5.05. The number of ether oxygens (including phenoxy) is 1. The van der Waals surface area contributed by atoms with E-state index in [1.807, 2.05) is 13.0 Å². The van der Waals surface area contributed by atoms with E-state index in [4.69, 9.17) is 9.84 Å². The summed E-state index contributed by atoms with van der Waals surface area (Å²) in [4.78, 5) is 10.7. The fourth-order valence-corrected chi connectivity index (χ4v) is 0.989.